The Morgan fingerprint density at radius 1 is 1.04 bits per heavy atom. The first-order valence-corrected chi connectivity index (χ1v) is 8.85. The zero-order valence-corrected chi connectivity index (χ0v) is 15.3. The van der Waals surface area contributed by atoms with Crippen molar-refractivity contribution < 1.29 is 9.59 Å². The molecular weight excluding hydrogens is 358 g/mol. The van der Waals surface area contributed by atoms with Gasteiger partial charge in [0.25, 0.3) is 11.8 Å². The minimum Gasteiger partial charge on any atom is -0.352 e. The Balaban J connectivity index is 1.60. The van der Waals surface area contributed by atoms with Crippen LogP contribution < -0.4 is 10.6 Å². The molecular formula is C18H20ClN3O2S. The molecule has 2 N–H and O–H groups in total. The topological polar surface area (TPSA) is 71.1 Å². The summed E-state index contributed by atoms with van der Waals surface area (Å²) in [6, 6.07) is 8.45. The highest BCUT2D eigenvalue weighted by Crippen LogP contribution is 2.18. The molecule has 0 radical (unpaired) electrons. The van der Waals surface area contributed by atoms with Gasteiger partial charge in [-0.1, -0.05) is 11.6 Å². The highest BCUT2D eigenvalue weighted by Gasteiger charge is 2.09. The molecule has 1 heterocycles. The lowest BCUT2D eigenvalue weighted by molar-refractivity contribution is 0.0946. The number of halogens is 1. The number of nitrogens with one attached hydrogen (secondary N) is 2. The molecule has 132 valence electrons. The summed E-state index contributed by atoms with van der Waals surface area (Å²) >= 11 is 10.2. The highest BCUT2D eigenvalue weighted by atomic mass is 35.5. The largest absolute Gasteiger partial charge is 0.352 e. The van der Waals surface area contributed by atoms with E-state index in [4.69, 9.17) is 11.6 Å². The van der Waals surface area contributed by atoms with Crippen molar-refractivity contribution in [3.05, 3.63) is 58.9 Å². The molecule has 25 heavy (non-hydrogen) atoms. The minimum absolute atomic E-state index is 0.122. The molecule has 1 aromatic carbocycles. The summed E-state index contributed by atoms with van der Waals surface area (Å²) in [5, 5.41) is 6.20. The lowest BCUT2D eigenvalue weighted by Gasteiger charge is -2.08. The molecule has 5 nitrogen and oxygen atoms in total. The molecule has 0 aliphatic heterocycles. The number of hydrogen-bond acceptors (Lipinski definition) is 4. The van der Waals surface area contributed by atoms with E-state index in [0.717, 1.165) is 19.3 Å². The number of thiol groups is 1. The van der Waals surface area contributed by atoms with Crippen molar-refractivity contribution in [2.45, 2.75) is 24.2 Å². The molecule has 2 amide bonds. The molecule has 0 saturated carbocycles. The van der Waals surface area contributed by atoms with E-state index in [0.29, 0.717) is 34.1 Å². The van der Waals surface area contributed by atoms with Gasteiger partial charge in [0.2, 0.25) is 0 Å². The standard InChI is InChI=1S/C18H20ClN3O2S/c19-14-6-7-16(25)15(11-14)18(24)22-10-3-1-2-9-21-17(23)13-5-4-8-20-12-13/h4-8,11-12,25H,1-3,9-10H2,(H,21,23)(H,22,24). The second-order valence-corrected chi connectivity index (χ2v) is 6.39. The van der Waals surface area contributed by atoms with Crippen LogP contribution in [0, 0.1) is 0 Å². The number of rotatable bonds is 8. The van der Waals surface area contributed by atoms with Gasteiger partial charge in [0.1, 0.15) is 0 Å². The van der Waals surface area contributed by atoms with Crippen LogP contribution >= 0.6 is 24.2 Å². The number of hydrogen-bond donors (Lipinski definition) is 3. The molecule has 0 unspecified atom stereocenters. The summed E-state index contributed by atoms with van der Waals surface area (Å²) in [5.41, 5.74) is 1.03. The number of carbonyl (C=O) groups is 2. The van der Waals surface area contributed by atoms with E-state index >= 15 is 0 Å². The van der Waals surface area contributed by atoms with Crippen LogP contribution in [0.2, 0.25) is 5.02 Å². The molecule has 0 atom stereocenters. The minimum atomic E-state index is -0.183. The number of benzene rings is 1. The van der Waals surface area contributed by atoms with Gasteiger partial charge in [-0.3, -0.25) is 14.6 Å². The van der Waals surface area contributed by atoms with E-state index in [1.807, 2.05) is 0 Å². The second-order valence-electron chi connectivity index (χ2n) is 5.48. The van der Waals surface area contributed by atoms with Gasteiger partial charge in [-0.25, -0.2) is 0 Å². The summed E-state index contributed by atoms with van der Waals surface area (Å²) in [5.74, 6) is -0.305. The fraction of sp³-hybridized carbons (Fsp3) is 0.278. The summed E-state index contributed by atoms with van der Waals surface area (Å²) < 4.78 is 0. The SMILES string of the molecule is O=C(NCCCCCNC(=O)c1cc(Cl)ccc1S)c1cccnc1. The van der Waals surface area contributed by atoms with Crippen molar-refractivity contribution in [3.8, 4) is 0 Å². The van der Waals surface area contributed by atoms with Gasteiger partial charge in [0, 0.05) is 35.4 Å². The van der Waals surface area contributed by atoms with Crippen LogP contribution in [-0.2, 0) is 0 Å². The van der Waals surface area contributed by atoms with E-state index in [9.17, 15) is 9.59 Å². The highest BCUT2D eigenvalue weighted by molar-refractivity contribution is 7.80. The average Bonchev–Trinajstić information content (AvgIpc) is 2.63. The molecule has 0 spiro atoms. The molecule has 0 aliphatic carbocycles. The molecule has 2 rings (SSSR count). The predicted octanol–water partition coefficient (Wildman–Crippen LogP) is 3.35. The van der Waals surface area contributed by atoms with Crippen LogP contribution in [0.1, 0.15) is 40.0 Å². The molecule has 0 saturated heterocycles. The predicted molar refractivity (Wildman–Crippen MR) is 101 cm³/mol. The fourth-order valence-electron chi connectivity index (χ4n) is 2.22. The van der Waals surface area contributed by atoms with Crippen LogP contribution in [-0.4, -0.2) is 29.9 Å². The van der Waals surface area contributed by atoms with Gasteiger partial charge in [-0.05, 0) is 49.6 Å². The van der Waals surface area contributed by atoms with Crippen molar-refractivity contribution in [1.82, 2.24) is 15.6 Å². The monoisotopic (exact) mass is 377 g/mol. The van der Waals surface area contributed by atoms with Gasteiger partial charge in [-0.2, -0.15) is 0 Å². The molecule has 0 bridgehead atoms. The Morgan fingerprint density at radius 2 is 1.76 bits per heavy atom. The van der Waals surface area contributed by atoms with Crippen molar-refractivity contribution >= 4 is 36.0 Å². The van der Waals surface area contributed by atoms with Gasteiger partial charge in [0.05, 0.1) is 11.1 Å². The Hall–Kier alpha value is -2.05. The first kappa shape index (κ1) is 19.3. The number of nitrogens with zero attached hydrogens (tertiary/aromatic N) is 1. The Labute approximate surface area is 157 Å². The Morgan fingerprint density at radius 3 is 2.44 bits per heavy atom. The Kier molecular flexibility index (Phi) is 7.76. The maximum Gasteiger partial charge on any atom is 0.252 e. The number of unbranched alkanes of at least 4 members (excludes halogenated alkanes) is 2. The van der Waals surface area contributed by atoms with Gasteiger partial charge < -0.3 is 10.6 Å². The smallest absolute Gasteiger partial charge is 0.252 e. The molecule has 7 heteroatoms. The molecule has 1 aromatic heterocycles. The number of carbonyl (C=O) groups excluding carboxylic acids is 2. The number of amides is 2. The molecule has 0 aliphatic rings. The Bertz CT molecular complexity index is 726. The summed E-state index contributed by atoms with van der Waals surface area (Å²) in [6.45, 7) is 1.16. The number of aromatic nitrogens is 1. The van der Waals surface area contributed by atoms with E-state index in [-0.39, 0.29) is 11.8 Å². The zero-order chi connectivity index (χ0) is 18.1. The van der Waals surface area contributed by atoms with Gasteiger partial charge in [-0.15, -0.1) is 12.6 Å². The third-order valence-electron chi connectivity index (χ3n) is 3.55. The normalized spacial score (nSPS) is 10.3. The van der Waals surface area contributed by atoms with E-state index in [1.54, 1.807) is 36.5 Å². The average molecular weight is 378 g/mol. The lowest BCUT2D eigenvalue weighted by Crippen LogP contribution is -2.26. The first-order valence-electron chi connectivity index (χ1n) is 8.03. The second kappa shape index (κ2) is 10.1. The molecule has 0 fully saturated rings. The quantitative estimate of drug-likeness (QED) is 0.488. The van der Waals surface area contributed by atoms with Crippen molar-refractivity contribution in [2.24, 2.45) is 0 Å². The number of pyridine rings is 1. The van der Waals surface area contributed by atoms with Crippen LogP contribution in [0.5, 0.6) is 0 Å². The fourth-order valence-corrected chi connectivity index (χ4v) is 2.63. The van der Waals surface area contributed by atoms with E-state index < -0.39 is 0 Å². The summed E-state index contributed by atoms with van der Waals surface area (Å²) in [4.78, 5) is 28.4. The van der Waals surface area contributed by atoms with Crippen LogP contribution in [0.15, 0.2) is 47.6 Å². The van der Waals surface area contributed by atoms with Gasteiger partial charge >= 0.3 is 0 Å². The summed E-state index contributed by atoms with van der Waals surface area (Å²) in [6.07, 6.45) is 5.74. The molecule has 2 aromatic rings. The third kappa shape index (κ3) is 6.40. The lowest BCUT2D eigenvalue weighted by atomic mass is 10.2. The van der Waals surface area contributed by atoms with Crippen molar-refractivity contribution in [2.75, 3.05) is 13.1 Å². The van der Waals surface area contributed by atoms with Crippen molar-refractivity contribution in [1.29, 1.82) is 0 Å². The summed E-state index contributed by atoms with van der Waals surface area (Å²) in [7, 11) is 0. The first-order chi connectivity index (χ1) is 12.1. The van der Waals surface area contributed by atoms with Crippen LogP contribution in [0.4, 0.5) is 0 Å². The van der Waals surface area contributed by atoms with Crippen LogP contribution in [0.3, 0.4) is 0 Å². The van der Waals surface area contributed by atoms with Gasteiger partial charge in [0.15, 0.2) is 0 Å². The van der Waals surface area contributed by atoms with E-state index in [2.05, 4.69) is 28.2 Å². The maximum absolute atomic E-state index is 12.1. The maximum atomic E-state index is 12.1. The van der Waals surface area contributed by atoms with Crippen LogP contribution in [0.25, 0.3) is 0 Å². The van der Waals surface area contributed by atoms with Crippen molar-refractivity contribution in [3.63, 3.8) is 0 Å². The van der Waals surface area contributed by atoms with E-state index in [1.165, 1.54) is 6.20 Å². The zero-order valence-electron chi connectivity index (χ0n) is 13.7. The third-order valence-corrected chi connectivity index (χ3v) is 4.18.